The normalized spacial score (nSPS) is 26.1. The Balaban J connectivity index is 2.35. The molecule has 1 rings (SSSR count). The summed E-state index contributed by atoms with van der Waals surface area (Å²) < 4.78 is 0. The summed E-state index contributed by atoms with van der Waals surface area (Å²) in [4.78, 5) is 6.23. The third-order valence-corrected chi connectivity index (χ3v) is 1.87. The van der Waals surface area contributed by atoms with Crippen molar-refractivity contribution < 1.29 is 0 Å². The van der Waals surface area contributed by atoms with Crippen LogP contribution in [0.2, 0.25) is 0 Å². The number of likely N-dealkylation sites (tertiary alicyclic amines) is 1. The third-order valence-electron chi connectivity index (χ3n) is 1.87. The molecule has 0 spiro atoms. The molecule has 1 heterocycles. The third kappa shape index (κ3) is 1.59. The van der Waals surface area contributed by atoms with Gasteiger partial charge >= 0.3 is 0 Å². The van der Waals surface area contributed by atoms with Gasteiger partial charge in [-0.05, 0) is 12.6 Å². The fourth-order valence-corrected chi connectivity index (χ4v) is 1.31. The molecule has 0 radical (unpaired) electrons. The SMILES string of the molecule is C=CN1CCC(/C=N/C)C1. The van der Waals surface area contributed by atoms with E-state index in [2.05, 4.69) is 16.5 Å². The van der Waals surface area contributed by atoms with Crippen LogP contribution in [0.15, 0.2) is 17.8 Å². The Bertz CT molecular complexity index is 140. The van der Waals surface area contributed by atoms with Gasteiger partial charge < -0.3 is 9.89 Å². The van der Waals surface area contributed by atoms with E-state index in [1.54, 1.807) is 0 Å². The van der Waals surface area contributed by atoms with Crippen LogP contribution in [-0.4, -0.2) is 31.3 Å². The predicted molar refractivity (Wildman–Crippen MR) is 44.3 cm³/mol. The van der Waals surface area contributed by atoms with Crippen LogP contribution in [-0.2, 0) is 0 Å². The maximum atomic E-state index is 4.00. The maximum absolute atomic E-state index is 4.00. The first-order valence-corrected chi connectivity index (χ1v) is 3.65. The Morgan fingerprint density at radius 1 is 1.70 bits per heavy atom. The Labute approximate surface area is 62.3 Å². The van der Waals surface area contributed by atoms with Crippen molar-refractivity contribution in [3.05, 3.63) is 12.8 Å². The van der Waals surface area contributed by atoms with Gasteiger partial charge in [-0.25, -0.2) is 0 Å². The lowest BCUT2D eigenvalue weighted by molar-refractivity contribution is 0.462. The van der Waals surface area contributed by atoms with Crippen LogP contribution in [0.25, 0.3) is 0 Å². The molecule has 0 bridgehead atoms. The second-order valence-corrected chi connectivity index (χ2v) is 2.63. The van der Waals surface area contributed by atoms with Crippen LogP contribution >= 0.6 is 0 Å². The van der Waals surface area contributed by atoms with Gasteiger partial charge in [-0.2, -0.15) is 0 Å². The van der Waals surface area contributed by atoms with E-state index in [-0.39, 0.29) is 0 Å². The van der Waals surface area contributed by atoms with Crippen LogP contribution in [0.5, 0.6) is 0 Å². The van der Waals surface area contributed by atoms with Crippen LogP contribution < -0.4 is 0 Å². The van der Waals surface area contributed by atoms with E-state index in [1.807, 2.05) is 19.5 Å². The minimum Gasteiger partial charge on any atom is -0.377 e. The number of rotatable bonds is 2. The highest BCUT2D eigenvalue weighted by Gasteiger charge is 2.16. The molecule has 1 aliphatic heterocycles. The van der Waals surface area contributed by atoms with Crippen molar-refractivity contribution in [2.75, 3.05) is 20.1 Å². The Hall–Kier alpha value is -0.790. The van der Waals surface area contributed by atoms with Crippen LogP contribution in [0.4, 0.5) is 0 Å². The molecule has 10 heavy (non-hydrogen) atoms. The zero-order valence-electron chi connectivity index (χ0n) is 6.45. The van der Waals surface area contributed by atoms with Gasteiger partial charge in [0.05, 0.1) is 0 Å². The van der Waals surface area contributed by atoms with E-state index < -0.39 is 0 Å². The molecule has 1 atom stereocenters. The number of hydrogen-bond donors (Lipinski definition) is 0. The van der Waals surface area contributed by atoms with Gasteiger partial charge in [0, 0.05) is 32.3 Å². The first-order valence-electron chi connectivity index (χ1n) is 3.65. The molecule has 1 saturated heterocycles. The fraction of sp³-hybridized carbons (Fsp3) is 0.625. The first kappa shape index (κ1) is 7.32. The van der Waals surface area contributed by atoms with Gasteiger partial charge in [-0.3, -0.25) is 0 Å². The number of nitrogens with zero attached hydrogens (tertiary/aromatic N) is 2. The molecule has 0 aromatic heterocycles. The van der Waals surface area contributed by atoms with Gasteiger partial charge in [-0.15, -0.1) is 0 Å². The predicted octanol–water partition coefficient (Wildman–Crippen LogP) is 1.15. The largest absolute Gasteiger partial charge is 0.377 e. The highest BCUT2D eigenvalue weighted by atomic mass is 15.1. The van der Waals surface area contributed by atoms with Crippen molar-refractivity contribution in [1.82, 2.24) is 4.90 Å². The number of hydrogen-bond acceptors (Lipinski definition) is 2. The molecular formula is C8H14N2. The standard InChI is InChI=1S/C8H14N2/c1-3-10-5-4-8(7-10)6-9-2/h3,6,8H,1,4-5,7H2,2H3/b9-6+. The summed E-state index contributed by atoms with van der Waals surface area (Å²) in [7, 11) is 1.83. The van der Waals surface area contributed by atoms with E-state index in [4.69, 9.17) is 0 Å². The molecule has 1 fully saturated rings. The summed E-state index contributed by atoms with van der Waals surface area (Å²) in [6.45, 7) is 5.96. The van der Waals surface area contributed by atoms with Crippen LogP contribution in [0.3, 0.4) is 0 Å². The molecular weight excluding hydrogens is 124 g/mol. The van der Waals surface area contributed by atoms with Gasteiger partial charge in [0.25, 0.3) is 0 Å². The summed E-state index contributed by atoms with van der Waals surface area (Å²) in [6.07, 6.45) is 5.16. The summed E-state index contributed by atoms with van der Waals surface area (Å²) in [5.74, 6) is 0.656. The molecule has 0 aliphatic carbocycles. The van der Waals surface area contributed by atoms with Gasteiger partial charge in [0.2, 0.25) is 0 Å². The van der Waals surface area contributed by atoms with Crippen LogP contribution in [0.1, 0.15) is 6.42 Å². The number of aliphatic imine (C=N–C) groups is 1. The van der Waals surface area contributed by atoms with E-state index in [0.29, 0.717) is 5.92 Å². The van der Waals surface area contributed by atoms with Crippen molar-refractivity contribution in [1.29, 1.82) is 0 Å². The lowest BCUT2D eigenvalue weighted by Crippen LogP contribution is -2.12. The smallest absolute Gasteiger partial charge is 0.0273 e. The van der Waals surface area contributed by atoms with Crippen molar-refractivity contribution in [3.8, 4) is 0 Å². The Morgan fingerprint density at radius 2 is 2.50 bits per heavy atom. The highest BCUT2D eigenvalue weighted by Crippen LogP contribution is 2.13. The van der Waals surface area contributed by atoms with Gasteiger partial charge in [0.15, 0.2) is 0 Å². The van der Waals surface area contributed by atoms with Crippen molar-refractivity contribution >= 4 is 6.21 Å². The topological polar surface area (TPSA) is 15.6 Å². The average molecular weight is 138 g/mol. The second kappa shape index (κ2) is 3.40. The molecule has 56 valence electrons. The molecule has 0 saturated carbocycles. The van der Waals surface area contributed by atoms with Crippen LogP contribution in [0, 0.1) is 5.92 Å². The quantitative estimate of drug-likeness (QED) is 0.523. The maximum Gasteiger partial charge on any atom is 0.0273 e. The van der Waals surface area contributed by atoms with E-state index in [1.165, 1.54) is 6.42 Å². The van der Waals surface area contributed by atoms with Gasteiger partial charge in [-0.1, -0.05) is 6.58 Å². The molecule has 0 aromatic carbocycles. The molecule has 0 amide bonds. The van der Waals surface area contributed by atoms with Crippen molar-refractivity contribution in [2.24, 2.45) is 10.9 Å². The van der Waals surface area contributed by atoms with E-state index in [0.717, 1.165) is 13.1 Å². The van der Waals surface area contributed by atoms with E-state index >= 15 is 0 Å². The average Bonchev–Trinajstić information content (AvgIpc) is 2.37. The first-order chi connectivity index (χ1) is 4.86. The summed E-state index contributed by atoms with van der Waals surface area (Å²) in [6, 6.07) is 0. The second-order valence-electron chi connectivity index (χ2n) is 2.63. The zero-order chi connectivity index (χ0) is 7.40. The summed E-state index contributed by atoms with van der Waals surface area (Å²) in [5.41, 5.74) is 0. The molecule has 1 unspecified atom stereocenters. The molecule has 2 heteroatoms. The minimum atomic E-state index is 0.656. The monoisotopic (exact) mass is 138 g/mol. The molecule has 2 nitrogen and oxygen atoms in total. The summed E-state index contributed by atoms with van der Waals surface area (Å²) in [5, 5.41) is 0. The van der Waals surface area contributed by atoms with E-state index in [9.17, 15) is 0 Å². The van der Waals surface area contributed by atoms with Crippen molar-refractivity contribution in [2.45, 2.75) is 6.42 Å². The minimum absolute atomic E-state index is 0.656. The van der Waals surface area contributed by atoms with Crippen molar-refractivity contribution in [3.63, 3.8) is 0 Å². The highest BCUT2D eigenvalue weighted by molar-refractivity contribution is 5.61. The molecule has 0 aromatic rings. The lowest BCUT2D eigenvalue weighted by Gasteiger charge is -2.09. The lowest BCUT2D eigenvalue weighted by atomic mass is 10.1. The Morgan fingerprint density at radius 3 is 3.00 bits per heavy atom. The zero-order valence-corrected chi connectivity index (χ0v) is 6.45. The van der Waals surface area contributed by atoms with Gasteiger partial charge in [0.1, 0.15) is 0 Å². The molecule has 1 aliphatic rings. The molecule has 0 N–H and O–H groups in total. The fourth-order valence-electron chi connectivity index (χ4n) is 1.31. The summed E-state index contributed by atoms with van der Waals surface area (Å²) >= 11 is 0. The Kier molecular flexibility index (Phi) is 2.49.